The van der Waals surface area contributed by atoms with Gasteiger partial charge in [0.25, 0.3) is 0 Å². The number of ketones is 1. The molecule has 0 saturated heterocycles. The molecule has 1 N–H and O–H groups in total. The minimum absolute atomic E-state index is 0.0208. The molecule has 38 valence electrons. The van der Waals surface area contributed by atoms with Crippen molar-refractivity contribution < 1.29 is 9.90 Å². The Morgan fingerprint density at radius 1 is 1.86 bits per heavy atom. The monoisotopic (exact) mass is 98.0 g/mol. The van der Waals surface area contributed by atoms with E-state index >= 15 is 0 Å². The summed E-state index contributed by atoms with van der Waals surface area (Å²) in [7, 11) is 0. The van der Waals surface area contributed by atoms with Gasteiger partial charge in [-0.15, -0.1) is 0 Å². The van der Waals surface area contributed by atoms with Gasteiger partial charge >= 0.3 is 0 Å². The Balaban J connectivity index is 2.58. The zero-order valence-electron chi connectivity index (χ0n) is 3.79. The molecule has 0 aliphatic heterocycles. The van der Waals surface area contributed by atoms with E-state index in [1.165, 1.54) is 12.2 Å². The molecule has 7 heavy (non-hydrogen) atoms. The Labute approximate surface area is 41.5 Å². The van der Waals surface area contributed by atoms with Crippen LogP contribution in [0, 0.1) is 0 Å². The highest BCUT2D eigenvalue weighted by Crippen LogP contribution is 2.03. The topological polar surface area (TPSA) is 37.3 Å². The molecule has 1 unspecified atom stereocenters. The first kappa shape index (κ1) is 4.53. The van der Waals surface area contributed by atoms with Gasteiger partial charge < -0.3 is 5.11 Å². The lowest BCUT2D eigenvalue weighted by atomic mass is 10.3. The Morgan fingerprint density at radius 2 is 2.57 bits per heavy atom. The van der Waals surface area contributed by atoms with Gasteiger partial charge in [0.2, 0.25) is 0 Å². The van der Waals surface area contributed by atoms with Crippen LogP contribution in [0.1, 0.15) is 6.42 Å². The molecule has 2 heteroatoms. The summed E-state index contributed by atoms with van der Waals surface area (Å²) in [4.78, 5) is 10.2. The summed E-state index contributed by atoms with van der Waals surface area (Å²) in [6.45, 7) is 0. The largest absolute Gasteiger partial charge is 0.389 e. The number of hydrogen-bond donors (Lipinski definition) is 1. The molecular weight excluding hydrogens is 92.1 g/mol. The average molecular weight is 98.1 g/mol. The molecule has 0 aromatic heterocycles. The summed E-state index contributed by atoms with van der Waals surface area (Å²) in [5.41, 5.74) is 0. The highest BCUT2D eigenvalue weighted by Gasteiger charge is 2.10. The van der Waals surface area contributed by atoms with Gasteiger partial charge in [-0.2, -0.15) is 0 Å². The first-order chi connectivity index (χ1) is 3.29. The molecule has 1 aliphatic rings. The molecule has 0 aromatic rings. The number of carbonyl (C=O) groups excluding carboxylic acids is 1. The maximum absolute atomic E-state index is 10.2. The fourth-order valence-electron chi connectivity index (χ4n) is 0.561. The van der Waals surface area contributed by atoms with E-state index in [4.69, 9.17) is 5.11 Å². The van der Waals surface area contributed by atoms with Crippen molar-refractivity contribution in [3.8, 4) is 0 Å². The molecule has 0 bridgehead atoms. The van der Waals surface area contributed by atoms with E-state index in [0.717, 1.165) is 0 Å². The lowest BCUT2D eigenvalue weighted by molar-refractivity contribution is -0.114. The van der Waals surface area contributed by atoms with Crippen LogP contribution in [0.25, 0.3) is 0 Å². The first-order valence-electron chi connectivity index (χ1n) is 2.18. The number of hydrogen-bond acceptors (Lipinski definition) is 2. The van der Waals surface area contributed by atoms with Crippen molar-refractivity contribution in [2.45, 2.75) is 12.5 Å². The molecule has 0 spiro atoms. The van der Waals surface area contributed by atoms with Crippen LogP contribution in [-0.4, -0.2) is 17.0 Å². The number of aliphatic hydroxyl groups excluding tert-OH is 1. The standard InChI is InChI=1S/C5H6O2/c6-4-1-2-5(7)3-4/h1-2,4,6H,3H2. The zero-order valence-corrected chi connectivity index (χ0v) is 3.79. The Hall–Kier alpha value is -0.630. The second-order valence-corrected chi connectivity index (χ2v) is 1.60. The smallest absolute Gasteiger partial charge is 0.158 e. The number of carbonyl (C=O) groups is 1. The van der Waals surface area contributed by atoms with E-state index in [-0.39, 0.29) is 12.2 Å². The lowest BCUT2D eigenvalue weighted by Crippen LogP contribution is -1.99. The Morgan fingerprint density at radius 3 is 2.71 bits per heavy atom. The number of rotatable bonds is 0. The van der Waals surface area contributed by atoms with E-state index < -0.39 is 6.10 Å². The molecule has 2 nitrogen and oxygen atoms in total. The van der Waals surface area contributed by atoms with Crippen LogP contribution >= 0.6 is 0 Å². The maximum atomic E-state index is 10.2. The van der Waals surface area contributed by atoms with Crippen molar-refractivity contribution in [3.05, 3.63) is 12.2 Å². The fraction of sp³-hybridized carbons (Fsp3) is 0.400. The third kappa shape index (κ3) is 0.871. The molecule has 0 aromatic carbocycles. The SMILES string of the molecule is O=C1C=CC(O)C1. The van der Waals surface area contributed by atoms with E-state index in [1.54, 1.807) is 0 Å². The molecular formula is C5H6O2. The summed E-state index contributed by atoms with van der Waals surface area (Å²) >= 11 is 0. The highest BCUT2D eigenvalue weighted by molar-refractivity contribution is 5.92. The van der Waals surface area contributed by atoms with Crippen LogP contribution in [0.3, 0.4) is 0 Å². The van der Waals surface area contributed by atoms with E-state index in [0.29, 0.717) is 0 Å². The third-order valence-corrected chi connectivity index (χ3v) is 0.915. The second-order valence-electron chi connectivity index (χ2n) is 1.60. The maximum Gasteiger partial charge on any atom is 0.158 e. The summed E-state index contributed by atoms with van der Waals surface area (Å²) in [6.07, 6.45) is 2.68. The highest BCUT2D eigenvalue weighted by atomic mass is 16.3. The van der Waals surface area contributed by atoms with Crippen molar-refractivity contribution in [3.63, 3.8) is 0 Å². The van der Waals surface area contributed by atoms with Gasteiger partial charge in [-0.1, -0.05) is 6.08 Å². The van der Waals surface area contributed by atoms with Gasteiger partial charge in [0.15, 0.2) is 5.78 Å². The molecule has 1 rings (SSSR count). The summed E-state index contributed by atoms with van der Waals surface area (Å²) < 4.78 is 0. The van der Waals surface area contributed by atoms with Crippen molar-refractivity contribution in [2.24, 2.45) is 0 Å². The quantitative estimate of drug-likeness (QED) is 0.458. The lowest BCUT2D eigenvalue weighted by Gasteiger charge is -1.88. The van der Waals surface area contributed by atoms with Crippen LogP contribution in [-0.2, 0) is 4.79 Å². The second kappa shape index (κ2) is 1.46. The Kier molecular flexibility index (Phi) is 0.947. The van der Waals surface area contributed by atoms with Crippen LogP contribution in [0.4, 0.5) is 0 Å². The predicted molar refractivity (Wildman–Crippen MR) is 24.8 cm³/mol. The van der Waals surface area contributed by atoms with Crippen molar-refractivity contribution >= 4 is 5.78 Å². The van der Waals surface area contributed by atoms with E-state index in [2.05, 4.69) is 0 Å². The molecule has 1 aliphatic carbocycles. The fourth-order valence-corrected chi connectivity index (χ4v) is 0.561. The van der Waals surface area contributed by atoms with Crippen molar-refractivity contribution in [1.82, 2.24) is 0 Å². The van der Waals surface area contributed by atoms with Gasteiger partial charge in [0.05, 0.1) is 6.10 Å². The normalized spacial score (nSPS) is 29.3. The first-order valence-corrected chi connectivity index (χ1v) is 2.18. The van der Waals surface area contributed by atoms with Gasteiger partial charge in [-0.25, -0.2) is 0 Å². The minimum atomic E-state index is -0.507. The molecule has 1 atom stereocenters. The number of aliphatic hydroxyl groups is 1. The van der Waals surface area contributed by atoms with Gasteiger partial charge in [-0.05, 0) is 6.08 Å². The van der Waals surface area contributed by atoms with Crippen molar-refractivity contribution in [1.29, 1.82) is 0 Å². The molecule has 0 heterocycles. The van der Waals surface area contributed by atoms with Crippen molar-refractivity contribution in [2.75, 3.05) is 0 Å². The molecule has 0 amide bonds. The average Bonchev–Trinajstić information content (AvgIpc) is 1.87. The zero-order chi connectivity index (χ0) is 5.28. The Bertz CT molecular complexity index is 115. The minimum Gasteiger partial charge on any atom is -0.389 e. The van der Waals surface area contributed by atoms with E-state index in [1.807, 2.05) is 0 Å². The molecule has 0 saturated carbocycles. The van der Waals surface area contributed by atoms with Crippen LogP contribution in [0.5, 0.6) is 0 Å². The van der Waals surface area contributed by atoms with Gasteiger partial charge in [0.1, 0.15) is 0 Å². The summed E-state index contributed by atoms with van der Waals surface area (Å²) in [5, 5.41) is 8.59. The number of allylic oxidation sites excluding steroid dienone is 1. The van der Waals surface area contributed by atoms with E-state index in [9.17, 15) is 4.79 Å². The predicted octanol–water partition coefficient (Wildman–Crippen LogP) is -0.124. The molecule has 0 radical (unpaired) electrons. The van der Waals surface area contributed by atoms with Crippen LogP contribution in [0.2, 0.25) is 0 Å². The third-order valence-electron chi connectivity index (χ3n) is 0.915. The van der Waals surface area contributed by atoms with Gasteiger partial charge in [0, 0.05) is 6.42 Å². The van der Waals surface area contributed by atoms with Gasteiger partial charge in [-0.3, -0.25) is 4.79 Å². The van der Waals surface area contributed by atoms with Crippen LogP contribution in [0.15, 0.2) is 12.2 Å². The summed E-state index contributed by atoms with van der Waals surface area (Å²) in [5.74, 6) is 0.0208. The summed E-state index contributed by atoms with van der Waals surface area (Å²) in [6, 6.07) is 0. The molecule has 0 fully saturated rings. The van der Waals surface area contributed by atoms with Crippen LogP contribution < -0.4 is 0 Å².